The third-order valence-electron chi connectivity index (χ3n) is 3.06. The number of benzene rings is 2. The number of carboxylic acids is 1. The second-order valence-electron chi connectivity index (χ2n) is 4.59. The fourth-order valence-electron chi connectivity index (χ4n) is 2.15. The number of aliphatic carboxylic acids is 1. The van der Waals surface area contributed by atoms with Crippen molar-refractivity contribution in [2.75, 3.05) is 0 Å². The summed E-state index contributed by atoms with van der Waals surface area (Å²) in [6, 6.07) is 19.8. The lowest BCUT2D eigenvalue weighted by molar-refractivity contribution is -0.136. The van der Waals surface area contributed by atoms with Crippen LogP contribution in [0.1, 0.15) is 5.01 Å². The molecule has 3 aromatic rings. The van der Waals surface area contributed by atoms with E-state index < -0.39 is 5.97 Å². The van der Waals surface area contributed by atoms with E-state index in [0.717, 1.165) is 21.7 Å². The molecule has 0 saturated heterocycles. The maximum Gasteiger partial charge on any atom is 0.310 e. The van der Waals surface area contributed by atoms with E-state index in [4.69, 9.17) is 5.11 Å². The lowest BCUT2D eigenvalue weighted by Crippen LogP contribution is -1.99. The van der Waals surface area contributed by atoms with Crippen LogP contribution >= 0.6 is 11.3 Å². The predicted molar refractivity (Wildman–Crippen MR) is 84.3 cm³/mol. The van der Waals surface area contributed by atoms with Crippen LogP contribution in [0.15, 0.2) is 60.7 Å². The molecule has 3 rings (SSSR count). The number of nitrogens with zero attached hydrogens (tertiary/aromatic N) is 1. The molecule has 0 amide bonds. The minimum Gasteiger partial charge on any atom is -0.481 e. The first-order valence-corrected chi connectivity index (χ1v) is 7.38. The smallest absolute Gasteiger partial charge is 0.310 e. The molecule has 0 radical (unpaired) electrons. The maximum atomic E-state index is 10.9. The van der Waals surface area contributed by atoms with Gasteiger partial charge in [0.05, 0.1) is 17.0 Å². The zero-order valence-corrected chi connectivity index (χ0v) is 12.0. The average Bonchev–Trinajstić information content (AvgIpc) is 2.92. The highest BCUT2D eigenvalue weighted by Gasteiger charge is 2.16. The van der Waals surface area contributed by atoms with E-state index in [1.165, 1.54) is 11.3 Å². The number of rotatable bonds is 4. The van der Waals surface area contributed by atoms with Crippen molar-refractivity contribution in [1.82, 2.24) is 4.98 Å². The van der Waals surface area contributed by atoms with Crippen molar-refractivity contribution < 1.29 is 9.90 Å². The molecule has 0 unspecified atom stereocenters. The molecule has 0 aliphatic heterocycles. The molecule has 0 aliphatic carbocycles. The predicted octanol–water partition coefficient (Wildman–Crippen LogP) is 4.10. The molecule has 21 heavy (non-hydrogen) atoms. The molecule has 0 aliphatic rings. The van der Waals surface area contributed by atoms with Crippen molar-refractivity contribution in [2.24, 2.45) is 0 Å². The van der Waals surface area contributed by atoms with Gasteiger partial charge in [0.2, 0.25) is 0 Å². The Morgan fingerprint density at radius 3 is 2.10 bits per heavy atom. The molecule has 1 aromatic heterocycles. The topological polar surface area (TPSA) is 50.2 Å². The summed E-state index contributed by atoms with van der Waals surface area (Å²) < 4.78 is 0. The quantitative estimate of drug-likeness (QED) is 0.788. The fraction of sp³-hybridized carbons (Fsp3) is 0.0588. The Hall–Kier alpha value is -2.46. The first kappa shape index (κ1) is 13.5. The second-order valence-corrected chi connectivity index (χ2v) is 5.67. The maximum absolute atomic E-state index is 10.9. The molecule has 2 aromatic carbocycles. The average molecular weight is 295 g/mol. The number of hydrogen-bond acceptors (Lipinski definition) is 3. The summed E-state index contributed by atoms with van der Waals surface area (Å²) in [5, 5.41) is 9.60. The van der Waals surface area contributed by atoms with Gasteiger partial charge in [-0.3, -0.25) is 4.79 Å². The van der Waals surface area contributed by atoms with Crippen molar-refractivity contribution in [3.8, 4) is 21.7 Å². The monoisotopic (exact) mass is 295 g/mol. The summed E-state index contributed by atoms with van der Waals surface area (Å²) in [7, 11) is 0. The van der Waals surface area contributed by atoms with E-state index in [2.05, 4.69) is 4.98 Å². The summed E-state index contributed by atoms with van der Waals surface area (Å²) in [6.45, 7) is 0. The minimum atomic E-state index is -0.858. The molecule has 0 bridgehead atoms. The van der Waals surface area contributed by atoms with Gasteiger partial charge < -0.3 is 5.11 Å². The van der Waals surface area contributed by atoms with Crippen LogP contribution in [0.5, 0.6) is 0 Å². The molecule has 104 valence electrons. The number of thiazole rings is 1. The Kier molecular flexibility index (Phi) is 3.79. The highest BCUT2D eigenvalue weighted by Crippen LogP contribution is 2.36. The molecule has 4 heteroatoms. The lowest BCUT2D eigenvalue weighted by Gasteiger charge is -2.02. The molecule has 0 spiro atoms. The molecule has 0 saturated carbocycles. The Labute approximate surface area is 126 Å². The van der Waals surface area contributed by atoms with Crippen LogP contribution in [-0.4, -0.2) is 16.1 Å². The summed E-state index contributed by atoms with van der Waals surface area (Å²) >= 11 is 1.44. The van der Waals surface area contributed by atoms with E-state index >= 15 is 0 Å². The normalized spacial score (nSPS) is 10.5. The number of carbonyl (C=O) groups is 1. The summed E-state index contributed by atoms with van der Waals surface area (Å²) in [6.07, 6.45) is -0.0443. The van der Waals surface area contributed by atoms with E-state index in [1.807, 2.05) is 60.7 Å². The van der Waals surface area contributed by atoms with Gasteiger partial charge in [-0.25, -0.2) is 4.98 Å². The number of hydrogen-bond donors (Lipinski definition) is 1. The van der Waals surface area contributed by atoms with E-state index in [9.17, 15) is 4.79 Å². The van der Waals surface area contributed by atoms with Crippen molar-refractivity contribution in [1.29, 1.82) is 0 Å². The van der Waals surface area contributed by atoms with Gasteiger partial charge in [-0.1, -0.05) is 60.7 Å². The summed E-state index contributed by atoms with van der Waals surface area (Å²) in [5.41, 5.74) is 2.91. The van der Waals surface area contributed by atoms with Gasteiger partial charge in [0.25, 0.3) is 0 Å². The van der Waals surface area contributed by atoms with E-state index in [1.54, 1.807) is 0 Å². The van der Waals surface area contributed by atoms with E-state index in [-0.39, 0.29) is 6.42 Å². The summed E-state index contributed by atoms with van der Waals surface area (Å²) in [5.74, 6) is -0.858. The Balaban J connectivity index is 2.13. The number of aromatic nitrogens is 1. The van der Waals surface area contributed by atoms with Crippen molar-refractivity contribution >= 4 is 17.3 Å². The number of carboxylic acid groups (broad SMARTS) is 1. The van der Waals surface area contributed by atoms with Gasteiger partial charge in [0.15, 0.2) is 0 Å². The Bertz CT molecular complexity index is 694. The van der Waals surface area contributed by atoms with Gasteiger partial charge in [0.1, 0.15) is 5.01 Å². The third-order valence-corrected chi connectivity index (χ3v) is 4.16. The van der Waals surface area contributed by atoms with Crippen molar-refractivity contribution in [3.63, 3.8) is 0 Å². The van der Waals surface area contributed by atoms with E-state index in [0.29, 0.717) is 5.01 Å². The van der Waals surface area contributed by atoms with Gasteiger partial charge in [-0.05, 0) is 5.56 Å². The van der Waals surface area contributed by atoms with Crippen LogP contribution in [0, 0.1) is 0 Å². The molecular formula is C17H13NO2S. The molecular weight excluding hydrogens is 282 g/mol. The lowest BCUT2D eigenvalue weighted by atomic mass is 10.1. The Morgan fingerprint density at radius 2 is 1.52 bits per heavy atom. The van der Waals surface area contributed by atoms with Crippen molar-refractivity contribution in [3.05, 3.63) is 65.7 Å². The van der Waals surface area contributed by atoms with Gasteiger partial charge >= 0.3 is 5.97 Å². The van der Waals surface area contributed by atoms with Crippen LogP contribution in [0.3, 0.4) is 0 Å². The molecule has 3 nitrogen and oxygen atoms in total. The van der Waals surface area contributed by atoms with Crippen LogP contribution < -0.4 is 0 Å². The Morgan fingerprint density at radius 1 is 0.952 bits per heavy atom. The highest BCUT2D eigenvalue weighted by atomic mass is 32.1. The SMILES string of the molecule is O=C(O)Cc1nc(-c2ccccc2)c(-c2ccccc2)s1. The van der Waals surface area contributed by atoms with Crippen LogP contribution in [0.25, 0.3) is 21.7 Å². The van der Waals surface area contributed by atoms with Gasteiger partial charge in [-0.2, -0.15) is 0 Å². The first-order valence-electron chi connectivity index (χ1n) is 6.56. The zero-order chi connectivity index (χ0) is 14.7. The van der Waals surface area contributed by atoms with Gasteiger partial charge in [0, 0.05) is 5.56 Å². The summed E-state index contributed by atoms with van der Waals surface area (Å²) in [4.78, 5) is 16.5. The molecule has 1 N–H and O–H groups in total. The van der Waals surface area contributed by atoms with Crippen LogP contribution in [0.2, 0.25) is 0 Å². The fourth-order valence-corrected chi connectivity index (χ4v) is 3.23. The highest BCUT2D eigenvalue weighted by molar-refractivity contribution is 7.15. The van der Waals surface area contributed by atoms with Crippen molar-refractivity contribution in [2.45, 2.75) is 6.42 Å². The molecule has 1 heterocycles. The first-order chi connectivity index (χ1) is 10.2. The molecule has 0 fully saturated rings. The zero-order valence-electron chi connectivity index (χ0n) is 11.2. The van der Waals surface area contributed by atoms with Gasteiger partial charge in [-0.15, -0.1) is 11.3 Å². The standard InChI is InChI=1S/C17H13NO2S/c19-15(20)11-14-18-16(12-7-3-1-4-8-12)17(21-14)13-9-5-2-6-10-13/h1-10H,11H2,(H,19,20). The van der Waals surface area contributed by atoms with Crippen LogP contribution in [-0.2, 0) is 11.2 Å². The van der Waals surface area contributed by atoms with Crippen LogP contribution in [0.4, 0.5) is 0 Å². The second kappa shape index (κ2) is 5.89. The third kappa shape index (κ3) is 3.01. The minimum absolute atomic E-state index is 0.0443. The largest absolute Gasteiger partial charge is 0.481 e. The molecule has 0 atom stereocenters.